The number of carbonyl (C=O) groups is 2. The molecule has 1 heterocycles. The topological polar surface area (TPSA) is 55.4 Å². The normalized spacial score (nSPS) is 20.2. The lowest BCUT2D eigenvalue weighted by Crippen LogP contribution is -2.36. The maximum absolute atomic E-state index is 13.6. The summed E-state index contributed by atoms with van der Waals surface area (Å²) in [7, 11) is 0. The first-order valence-corrected chi connectivity index (χ1v) is 13.7. The molecule has 1 aliphatic carbocycles. The standard InChI is InChI=1S/C27H27BrClNO3S/c1-3-34-12-11-33-27(32)24-16(2)30-22-14-19(17-7-9-21(29)10-8-17)15-23(31)26(22)25(24)18-5-4-6-20(28)13-18/h4-10,13,19,25,30H,3,11-12,14-15H2,1-2H3/t19-,25-/m1/s1. The number of thioether (sulfide) groups is 1. The van der Waals surface area contributed by atoms with Gasteiger partial charge in [0.2, 0.25) is 0 Å². The summed E-state index contributed by atoms with van der Waals surface area (Å²) in [5, 5.41) is 4.08. The lowest BCUT2D eigenvalue weighted by atomic mass is 9.72. The van der Waals surface area contributed by atoms with Crippen LogP contribution in [0.15, 0.2) is 75.5 Å². The Hall–Kier alpha value is -2.02. The van der Waals surface area contributed by atoms with Gasteiger partial charge in [0.25, 0.3) is 0 Å². The molecule has 0 spiro atoms. The van der Waals surface area contributed by atoms with Crippen molar-refractivity contribution in [2.24, 2.45) is 0 Å². The fourth-order valence-corrected chi connectivity index (χ4v) is 5.75. The van der Waals surface area contributed by atoms with E-state index in [1.165, 1.54) is 0 Å². The number of ketones is 1. The predicted octanol–water partition coefficient (Wildman–Crippen LogP) is 6.76. The SMILES string of the molecule is CCSCCOC(=O)C1=C(C)NC2=C(C(=O)C[C@H](c3ccc(Cl)cc3)C2)[C@@H]1c1cccc(Br)c1. The molecule has 7 heteroatoms. The van der Waals surface area contributed by atoms with Crippen molar-refractivity contribution in [1.29, 1.82) is 0 Å². The molecule has 2 atom stereocenters. The number of rotatable bonds is 7. The minimum absolute atomic E-state index is 0.0537. The van der Waals surface area contributed by atoms with E-state index in [2.05, 4.69) is 28.2 Å². The zero-order chi connectivity index (χ0) is 24.2. The Morgan fingerprint density at radius 1 is 1.18 bits per heavy atom. The van der Waals surface area contributed by atoms with E-state index >= 15 is 0 Å². The van der Waals surface area contributed by atoms with Crippen LogP contribution in [0.5, 0.6) is 0 Å². The number of hydrogen-bond donors (Lipinski definition) is 1. The van der Waals surface area contributed by atoms with Gasteiger partial charge in [-0.25, -0.2) is 4.79 Å². The van der Waals surface area contributed by atoms with Crippen molar-refractivity contribution < 1.29 is 14.3 Å². The summed E-state index contributed by atoms with van der Waals surface area (Å²) < 4.78 is 6.54. The highest BCUT2D eigenvalue weighted by Crippen LogP contribution is 2.46. The summed E-state index contributed by atoms with van der Waals surface area (Å²) in [6.07, 6.45) is 1.08. The number of allylic oxidation sites excluding steroid dienone is 3. The van der Waals surface area contributed by atoms with Gasteiger partial charge >= 0.3 is 5.97 Å². The second-order valence-electron chi connectivity index (χ2n) is 8.46. The number of hydrogen-bond acceptors (Lipinski definition) is 5. The lowest BCUT2D eigenvalue weighted by molar-refractivity contribution is -0.138. The second-order valence-corrected chi connectivity index (χ2v) is 11.2. The van der Waals surface area contributed by atoms with Crippen LogP contribution in [-0.4, -0.2) is 29.9 Å². The van der Waals surface area contributed by atoms with Crippen molar-refractivity contribution in [1.82, 2.24) is 5.32 Å². The Kier molecular flexibility index (Phi) is 8.22. The Bertz CT molecular complexity index is 1160. The molecule has 0 unspecified atom stereocenters. The van der Waals surface area contributed by atoms with Gasteiger partial charge in [-0.05, 0) is 60.4 Å². The third-order valence-corrected chi connectivity index (χ3v) is 7.84. The quantitative estimate of drug-likeness (QED) is 0.299. The Morgan fingerprint density at radius 2 is 1.94 bits per heavy atom. The first-order valence-electron chi connectivity index (χ1n) is 11.4. The first kappa shape index (κ1) is 25.1. The molecule has 0 saturated heterocycles. The molecule has 4 nitrogen and oxygen atoms in total. The van der Waals surface area contributed by atoms with Crippen molar-refractivity contribution in [2.45, 2.75) is 38.5 Å². The molecule has 0 aromatic heterocycles. The largest absolute Gasteiger partial charge is 0.461 e. The number of benzene rings is 2. The molecule has 4 rings (SSSR count). The van der Waals surface area contributed by atoms with E-state index in [1.807, 2.05) is 55.5 Å². The van der Waals surface area contributed by atoms with Gasteiger partial charge in [-0.1, -0.05) is 58.7 Å². The number of carbonyl (C=O) groups excluding carboxylic acids is 2. The van der Waals surface area contributed by atoms with Gasteiger partial charge in [0.15, 0.2) is 5.78 Å². The molecule has 2 aromatic carbocycles. The highest BCUT2D eigenvalue weighted by atomic mass is 79.9. The highest BCUT2D eigenvalue weighted by molar-refractivity contribution is 9.10. The zero-order valence-electron chi connectivity index (χ0n) is 19.2. The molecular weight excluding hydrogens is 534 g/mol. The molecule has 1 N–H and O–H groups in total. The maximum Gasteiger partial charge on any atom is 0.336 e. The van der Waals surface area contributed by atoms with Crippen LogP contribution in [0, 0.1) is 0 Å². The Balaban J connectivity index is 1.71. The summed E-state index contributed by atoms with van der Waals surface area (Å²) >= 11 is 11.3. The van der Waals surface area contributed by atoms with Crippen molar-refractivity contribution in [2.75, 3.05) is 18.1 Å². The van der Waals surface area contributed by atoms with Crippen LogP contribution in [0.1, 0.15) is 49.7 Å². The summed E-state index contributed by atoms with van der Waals surface area (Å²) in [6.45, 7) is 4.31. The maximum atomic E-state index is 13.6. The van der Waals surface area contributed by atoms with Crippen LogP contribution in [0.4, 0.5) is 0 Å². The van der Waals surface area contributed by atoms with E-state index < -0.39 is 5.92 Å². The molecule has 1 aliphatic heterocycles. The molecule has 0 radical (unpaired) electrons. The van der Waals surface area contributed by atoms with Gasteiger partial charge in [-0.15, -0.1) is 0 Å². The van der Waals surface area contributed by atoms with Gasteiger partial charge in [0.1, 0.15) is 6.61 Å². The highest BCUT2D eigenvalue weighted by Gasteiger charge is 2.41. The van der Waals surface area contributed by atoms with Gasteiger partial charge < -0.3 is 10.1 Å². The lowest BCUT2D eigenvalue weighted by Gasteiger charge is -2.36. The fourth-order valence-electron chi connectivity index (χ4n) is 4.72. The van der Waals surface area contributed by atoms with Crippen LogP contribution in [0.3, 0.4) is 0 Å². The minimum atomic E-state index is -0.459. The van der Waals surface area contributed by atoms with Crippen LogP contribution in [-0.2, 0) is 14.3 Å². The summed E-state index contributed by atoms with van der Waals surface area (Å²) in [4.78, 5) is 26.9. The number of Topliss-reactive ketones (excluding diaryl/α,β-unsaturated/α-hetero) is 1. The summed E-state index contributed by atoms with van der Waals surface area (Å²) in [5.41, 5.74) is 4.79. The van der Waals surface area contributed by atoms with Gasteiger partial charge in [-0.3, -0.25) is 4.79 Å². The van der Waals surface area contributed by atoms with E-state index in [9.17, 15) is 9.59 Å². The van der Waals surface area contributed by atoms with Crippen molar-refractivity contribution in [3.63, 3.8) is 0 Å². The minimum Gasteiger partial charge on any atom is -0.461 e. The number of dihydropyridines is 1. The molecule has 0 saturated carbocycles. The first-order chi connectivity index (χ1) is 16.4. The average Bonchev–Trinajstić information content (AvgIpc) is 2.81. The molecule has 0 fully saturated rings. The predicted molar refractivity (Wildman–Crippen MR) is 142 cm³/mol. The van der Waals surface area contributed by atoms with Crippen molar-refractivity contribution in [3.8, 4) is 0 Å². The number of halogens is 2. The molecule has 178 valence electrons. The van der Waals surface area contributed by atoms with E-state index in [-0.39, 0.29) is 17.7 Å². The number of ether oxygens (including phenoxy) is 1. The Labute approximate surface area is 218 Å². The van der Waals surface area contributed by atoms with Crippen LogP contribution in [0.25, 0.3) is 0 Å². The third-order valence-electron chi connectivity index (χ3n) is 6.24. The molecule has 0 amide bonds. The summed E-state index contributed by atoms with van der Waals surface area (Å²) in [5.74, 6) is 1.01. The van der Waals surface area contributed by atoms with E-state index in [4.69, 9.17) is 16.3 Å². The monoisotopic (exact) mass is 559 g/mol. The number of nitrogens with one attached hydrogen (secondary N) is 1. The number of esters is 1. The molecule has 2 aliphatic rings. The van der Waals surface area contributed by atoms with Crippen LogP contribution >= 0.6 is 39.3 Å². The van der Waals surface area contributed by atoms with Gasteiger partial charge in [0.05, 0.1) is 5.57 Å². The fraction of sp³-hybridized carbons (Fsp3) is 0.333. The molecule has 2 aromatic rings. The van der Waals surface area contributed by atoms with Crippen LogP contribution in [0.2, 0.25) is 5.02 Å². The van der Waals surface area contributed by atoms with Crippen LogP contribution < -0.4 is 5.32 Å². The van der Waals surface area contributed by atoms with Gasteiger partial charge in [-0.2, -0.15) is 11.8 Å². The molecule has 0 bridgehead atoms. The smallest absolute Gasteiger partial charge is 0.336 e. The van der Waals surface area contributed by atoms with E-state index in [0.29, 0.717) is 35.6 Å². The third kappa shape index (κ3) is 5.45. The van der Waals surface area contributed by atoms with Crippen molar-refractivity contribution in [3.05, 3.63) is 91.7 Å². The average molecular weight is 561 g/mol. The van der Waals surface area contributed by atoms with Gasteiger partial charge in [0, 0.05) is 44.6 Å². The van der Waals surface area contributed by atoms with E-state index in [1.54, 1.807) is 11.8 Å². The van der Waals surface area contributed by atoms with Crippen molar-refractivity contribution >= 4 is 51.0 Å². The molecule has 34 heavy (non-hydrogen) atoms. The second kappa shape index (κ2) is 11.1. The summed E-state index contributed by atoms with van der Waals surface area (Å²) in [6, 6.07) is 15.5. The zero-order valence-corrected chi connectivity index (χ0v) is 22.4. The van der Waals surface area contributed by atoms with E-state index in [0.717, 1.165) is 38.5 Å². The Morgan fingerprint density at radius 3 is 2.65 bits per heavy atom. The molecular formula is C27H27BrClNO3S.